The monoisotopic (exact) mass is 333 g/mol. The van der Waals surface area contributed by atoms with Gasteiger partial charge in [0.25, 0.3) is 0 Å². The Bertz CT molecular complexity index is 802. The Labute approximate surface area is 136 Å². The minimum absolute atomic E-state index is 0.181. The summed E-state index contributed by atoms with van der Waals surface area (Å²) in [4.78, 5) is 0.181. The van der Waals surface area contributed by atoms with E-state index < -0.39 is 22.2 Å². The van der Waals surface area contributed by atoms with Crippen LogP contribution in [0.5, 0.6) is 5.75 Å². The third kappa shape index (κ3) is 2.73. The van der Waals surface area contributed by atoms with Gasteiger partial charge in [-0.1, -0.05) is 30.3 Å². The van der Waals surface area contributed by atoms with Crippen LogP contribution in [0.25, 0.3) is 0 Å². The van der Waals surface area contributed by atoms with E-state index in [9.17, 15) is 13.5 Å². The maximum atomic E-state index is 12.6. The van der Waals surface area contributed by atoms with E-state index >= 15 is 0 Å². The quantitative estimate of drug-likeness (QED) is 0.933. The number of benzene rings is 2. The van der Waals surface area contributed by atoms with Crippen LogP contribution in [0, 0.1) is 0 Å². The zero-order chi connectivity index (χ0) is 16.6. The summed E-state index contributed by atoms with van der Waals surface area (Å²) in [5.74, 6) is 0.740. The number of aliphatic hydroxyl groups excluding tert-OH is 1. The fourth-order valence-corrected chi connectivity index (χ4v) is 4.54. The molecule has 6 heteroatoms. The molecule has 0 aliphatic carbocycles. The van der Waals surface area contributed by atoms with Crippen LogP contribution in [-0.2, 0) is 16.4 Å². The molecule has 1 aliphatic heterocycles. The minimum Gasteiger partial charge on any atom is -0.497 e. The van der Waals surface area contributed by atoms with Gasteiger partial charge in [0, 0.05) is 12.6 Å². The molecule has 5 nitrogen and oxygen atoms in total. The molecule has 2 atom stereocenters. The molecule has 23 heavy (non-hydrogen) atoms. The molecule has 0 amide bonds. The van der Waals surface area contributed by atoms with Crippen LogP contribution in [0.3, 0.4) is 0 Å². The Morgan fingerprint density at radius 2 is 1.78 bits per heavy atom. The van der Waals surface area contributed by atoms with Crippen molar-refractivity contribution in [2.24, 2.45) is 0 Å². The van der Waals surface area contributed by atoms with Gasteiger partial charge in [-0.05, 0) is 30.2 Å². The summed E-state index contributed by atoms with van der Waals surface area (Å²) in [5.41, 5.74) is 1.40. The molecule has 0 radical (unpaired) electrons. The number of hydrogen-bond acceptors (Lipinski definition) is 4. The van der Waals surface area contributed by atoms with Gasteiger partial charge in [-0.15, -0.1) is 0 Å². The number of rotatable bonds is 3. The van der Waals surface area contributed by atoms with Gasteiger partial charge in [-0.2, -0.15) is 4.31 Å². The standard InChI is InChI=1S/C17H19NO4S/c1-18-15(11-12-7-9-13(22-2)10-8-12)17(19)14-5-3-4-6-16(14)23(18,20)21/h3-10,15,17,19H,11H2,1-2H3/t15-,17+/m0/s1. The van der Waals surface area contributed by atoms with Gasteiger partial charge in [-0.3, -0.25) is 0 Å². The number of sulfonamides is 1. The second-order valence-electron chi connectivity index (χ2n) is 5.62. The minimum atomic E-state index is -3.59. The highest BCUT2D eigenvalue weighted by Crippen LogP contribution is 2.36. The molecule has 122 valence electrons. The van der Waals surface area contributed by atoms with E-state index in [1.807, 2.05) is 24.3 Å². The summed E-state index contributed by atoms with van der Waals surface area (Å²) in [5, 5.41) is 10.7. The molecule has 1 N–H and O–H groups in total. The summed E-state index contributed by atoms with van der Waals surface area (Å²) < 4.78 is 31.7. The number of methoxy groups -OCH3 is 1. The molecule has 3 rings (SSSR count). The van der Waals surface area contributed by atoms with Gasteiger partial charge < -0.3 is 9.84 Å². The molecule has 0 spiro atoms. The van der Waals surface area contributed by atoms with Crippen LogP contribution in [0.15, 0.2) is 53.4 Å². The molecule has 0 bridgehead atoms. The van der Waals surface area contributed by atoms with Gasteiger partial charge in [0.05, 0.1) is 24.2 Å². The molecule has 0 saturated heterocycles. The zero-order valence-electron chi connectivity index (χ0n) is 13.0. The number of ether oxygens (including phenoxy) is 1. The summed E-state index contributed by atoms with van der Waals surface area (Å²) in [7, 11) is -0.476. The number of hydrogen-bond donors (Lipinski definition) is 1. The van der Waals surface area contributed by atoms with Crippen molar-refractivity contribution in [3.8, 4) is 5.75 Å². The lowest BCUT2D eigenvalue weighted by molar-refractivity contribution is 0.0892. The summed E-state index contributed by atoms with van der Waals surface area (Å²) in [6.07, 6.45) is -0.434. The molecule has 1 heterocycles. The van der Waals surface area contributed by atoms with E-state index in [4.69, 9.17) is 4.74 Å². The van der Waals surface area contributed by atoms with Crippen molar-refractivity contribution in [3.63, 3.8) is 0 Å². The first kappa shape index (κ1) is 16.0. The molecular formula is C17H19NO4S. The number of nitrogens with zero attached hydrogens (tertiary/aromatic N) is 1. The van der Waals surface area contributed by atoms with Crippen molar-refractivity contribution in [2.45, 2.75) is 23.5 Å². The highest BCUT2D eigenvalue weighted by molar-refractivity contribution is 7.89. The molecule has 0 saturated carbocycles. The lowest BCUT2D eigenvalue weighted by atomic mass is 9.96. The van der Waals surface area contributed by atoms with Crippen LogP contribution in [0.4, 0.5) is 0 Å². The molecule has 0 aromatic heterocycles. The number of fused-ring (bicyclic) bond motifs is 1. The second kappa shape index (κ2) is 5.96. The predicted octanol–water partition coefficient (Wildman–Crippen LogP) is 1.97. The topological polar surface area (TPSA) is 66.8 Å². The molecular weight excluding hydrogens is 314 g/mol. The van der Waals surface area contributed by atoms with Crippen molar-refractivity contribution in [1.82, 2.24) is 4.31 Å². The normalized spacial score (nSPS) is 23.3. The maximum Gasteiger partial charge on any atom is 0.243 e. The van der Waals surface area contributed by atoms with Crippen molar-refractivity contribution < 1.29 is 18.3 Å². The average Bonchev–Trinajstić information content (AvgIpc) is 2.58. The summed E-state index contributed by atoms with van der Waals surface area (Å²) in [6.45, 7) is 0. The molecule has 1 aliphatic rings. The van der Waals surface area contributed by atoms with Crippen molar-refractivity contribution in [3.05, 3.63) is 59.7 Å². The highest BCUT2D eigenvalue weighted by Gasteiger charge is 2.41. The van der Waals surface area contributed by atoms with Crippen molar-refractivity contribution in [1.29, 1.82) is 0 Å². The van der Waals surface area contributed by atoms with Crippen LogP contribution in [-0.4, -0.2) is 38.0 Å². The van der Waals surface area contributed by atoms with Crippen LogP contribution >= 0.6 is 0 Å². The largest absolute Gasteiger partial charge is 0.497 e. The van der Waals surface area contributed by atoms with E-state index in [0.717, 1.165) is 11.3 Å². The maximum absolute atomic E-state index is 12.6. The van der Waals surface area contributed by atoms with Gasteiger partial charge in [0.15, 0.2) is 0 Å². The van der Waals surface area contributed by atoms with Crippen LogP contribution in [0.2, 0.25) is 0 Å². The van der Waals surface area contributed by atoms with Crippen molar-refractivity contribution >= 4 is 10.0 Å². The van der Waals surface area contributed by atoms with E-state index in [2.05, 4.69) is 0 Å². The highest BCUT2D eigenvalue weighted by atomic mass is 32.2. The summed E-state index contributed by atoms with van der Waals surface area (Å²) >= 11 is 0. The lowest BCUT2D eigenvalue weighted by Gasteiger charge is -2.37. The second-order valence-corrected chi connectivity index (χ2v) is 7.59. The number of aliphatic hydroxyl groups is 1. The fourth-order valence-electron chi connectivity index (χ4n) is 2.94. The average molecular weight is 333 g/mol. The van der Waals surface area contributed by atoms with Gasteiger partial charge in [0.2, 0.25) is 10.0 Å². The Hall–Kier alpha value is -1.89. The Morgan fingerprint density at radius 1 is 1.13 bits per heavy atom. The lowest BCUT2D eigenvalue weighted by Crippen LogP contribution is -2.46. The third-order valence-corrected chi connectivity index (χ3v) is 6.29. The van der Waals surface area contributed by atoms with Crippen LogP contribution < -0.4 is 4.74 Å². The molecule has 0 unspecified atom stereocenters. The summed E-state index contributed by atoms with van der Waals surface area (Å²) in [6, 6.07) is 13.5. The fraction of sp³-hybridized carbons (Fsp3) is 0.294. The Kier molecular flexibility index (Phi) is 4.14. The van der Waals surface area contributed by atoms with E-state index in [-0.39, 0.29) is 4.90 Å². The molecule has 0 fully saturated rings. The van der Waals surface area contributed by atoms with Crippen molar-refractivity contribution in [2.75, 3.05) is 14.2 Å². The van der Waals surface area contributed by atoms with E-state index in [0.29, 0.717) is 12.0 Å². The predicted molar refractivity (Wildman–Crippen MR) is 86.8 cm³/mol. The number of likely N-dealkylation sites (N-methyl/N-ethyl adjacent to an activating group) is 1. The van der Waals surface area contributed by atoms with E-state index in [1.54, 1.807) is 25.3 Å². The van der Waals surface area contributed by atoms with Gasteiger partial charge in [-0.25, -0.2) is 8.42 Å². The smallest absolute Gasteiger partial charge is 0.243 e. The van der Waals surface area contributed by atoms with E-state index in [1.165, 1.54) is 17.4 Å². The van der Waals surface area contributed by atoms with Gasteiger partial charge in [0.1, 0.15) is 5.75 Å². The first-order valence-electron chi connectivity index (χ1n) is 7.33. The zero-order valence-corrected chi connectivity index (χ0v) is 13.8. The SMILES string of the molecule is COc1ccc(C[C@H]2[C@H](O)c3ccccc3S(=O)(=O)N2C)cc1. The first-order valence-corrected chi connectivity index (χ1v) is 8.77. The molecule has 2 aromatic rings. The first-order chi connectivity index (χ1) is 10.9. The third-order valence-electron chi connectivity index (χ3n) is 4.33. The Morgan fingerprint density at radius 3 is 2.43 bits per heavy atom. The Balaban J connectivity index is 1.96. The van der Waals surface area contributed by atoms with Gasteiger partial charge >= 0.3 is 0 Å². The molecule has 2 aromatic carbocycles. The van der Waals surface area contributed by atoms with Crippen LogP contribution in [0.1, 0.15) is 17.2 Å².